The molecular formula is C23H23N3O5S2. The molecule has 172 valence electrons. The molecule has 33 heavy (non-hydrogen) atoms. The molecule has 0 saturated carbocycles. The van der Waals surface area contributed by atoms with Gasteiger partial charge in [-0.3, -0.25) is 9.10 Å². The van der Waals surface area contributed by atoms with E-state index >= 15 is 0 Å². The van der Waals surface area contributed by atoms with Crippen LogP contribution in [0.4, 0.5) is 5.69 Å². The number of thioether (sulfide) groups is 1. The molecule has 0 aliphatic carbocycles. The summed E-state index contributed by atoms with van der Waals surface area (Å²) < 4.78 is 39.0. The molecule has 0 bridgehead atoms. The SMILES string of the molecule is O=C(CN(c1ccc2c(c1)OCCO2)S(=O)(=O)c1ccccc1)NCCSc1ccccn1. The molecule has 8 nitrogen and oxygen atoms in total. The smallest absolute Gasteiger partial charge is 0.264 e. The summed E-state index contributed by atoms with van der Waals surface area (Å²) in [4.78, 5) is 17.0. The van der Waals surface area contributed by atoms with Crippen molar-refractivity contribution in [3.63, 3.8) is 0 Å². The van der Waals surface area contributed by atoms with E-state index in [4.69, 9.17) is 9.47 Å². The Morgan fingerprint density at radius 3 is 2.52 bits per heavy atom. The lowest BCUT2D eigenvalue weighted by atomic mass is 10.2. The topological polar surface area (TPSA) is 97.8 Å². The highest BCUT2D eigenvalue weighted by Crippen LogP contribution is 2.35. The molecule has 3 aromatic rings. The van der Waals surface area contributed by atoms with E-state index in [9.17, 15) is 13.2 Å². The fourth-order valence-corrected chi connectivity index (χ4v) is 5.34. The molecule has 0 spiro atoms. The van der Waals surface area contributed by atoms with Crippen molar-refractivity contribution in [2.24, 2.45) is 0 Å². The van der Waals surface area contributed by atoms with Gasteiger partial charge in [0.1, 0.15) is 19.8 Å². The van der Waals surface area contributed by atoms with E-state index in [1.165, 1.54) is 23.9 Å². The van der Waals surface area contributed by atoms with Crippen LogP contribution in [0.25, 0.3) is 0 Å². The fourth-order valence-electron chi connectivity index (χ4n) is 3.19. The minimum Gasteiger partial charge on any atom is -0.486 e. The van der Waals surface area contributed by atoms with Gasteiger partial charge in [0.15, 0.2) is 11.5 Å². The zero-order valence-corrected chi connectivity index (χ0v) is 19.3. The Labute approximate surface area is 197 Å². The van der Waals surface area contributed by atoms with Gasteiger partial charge in [0, 0.05) is 24.6 Å². The number of nitrogens with one attached hydrogen (secondary N) is 1. The number of carbonyl (C=O) groups is 1. The standard InChI is InChI=1S/C23H23N3O5S2/c27-22(24-12-15-32-23-8-4-5-11-25-23)17-26(33(28,29)19-6-2-1-3-7-19)18-9-10-20-21(16-18)31-14-13-30-20/h1-11,16H,12-15,17H2,(H,24,27). The monoisotopic (exact) mass is 485 g/mol. The first-order valence-corrected chi connectivity index (χ1v) is 12.7. The Morgan fingerprint density at radius 1 is 1.00 bits per heavy atom. The molecule has 1 N–H and O–H groups in total. The van der Waals surface area contributed by atoms with Gasteiger partial charge in [0.2, 0.25) is 5.91 Å². The highest BCUT2D eigenvalue weighted by Gasteiger charge is 2.28. The van der Waals surface area contributed by atoms with Gasteiger partial charge in [-0.15, -0.1) is 11.8 Å². The van der Waals surface area contributed by atoms with Crippen molar-refractivity contribution < 1.29 is 22.7 Å². The number of benzene rings is 2. The second-order valence-corrected chi connectivity index (χ2v) is 10.00. The van der Waals surface area contributed by atoms with Crippen LogP contribution in [0.1, 0.15) is 0 Å². The van der Waals surface area contributed by atoms with Crippen LogP contribution in [0.3, 0.4) is 0 Å². The van der Waals surface area contributed by atoms with Crippen molar-refractivity contribution in [3.05, 3.63) is 72.9 Å². The van der Waals surface area contributed by atoms with E-state index in [0.717, 1.165) is 9.33 Å². The number of pyridine rings is 1. The molecule has 1 aliphatic heterocycles. The van der Waals surface area contributed by atoms with Crippen LogP contribution in [0, 0.1) is 0 Å². The van der Waals surface area contributed by atoms with Gasteiger partial charge in [-0.1, -0.05) is 24.3 Å². The Morgan fingerprint density at radius 2 is 1.76 bits per heavy atom. The first kappa shape index (κ1) is 22.9. The van der Waals surface area contributed by atoms with Crippen molar-refractivity contribution in [2.75, 3.05) is 36.4 Å². The number of hydrogen-bond donors (Lipinski definition) is 1. The summed E-state index contributed by atoms with van der Waals surface area (Å²) in [6, 6.07) is 18.5. The molecule has 0 radical (unpaired) electrons. The minimum absolute atomic E-state index is 0.0957. The lowest BCUT2D eigenvalue weighted by Gasteiger charge is -2.26. The second kappa shape index (κ2) is 10.6. The summed E-state index contributed by atoms with van der Waals surface area (Å²) in [5.74, 6) is 1.18. The van der Waals surface area contributed by atoms with E-state index in [2.05, 4.69) is 10.3 Å². The van der Waals surface area contributed by atoms with Crippen LogP contribution >= 0.6 is 11.8 Å². The van der Waals surface area contributed by atoms with Gasteiger partial charge in [-0.25, -0.2) is 13.4 Å². The molecule has 0 unspecified atom stereocenters. The molecule has 1 aliphatic rings. The van der Waals surface area contributed by atoms with Gasteiger partial charge in [0.25, 0.3) is 10.0 Å². The van der Waals surface area contributed by atoms with Crippen LogP contribution in [0.5, 0.6) is 11.5 Å². The Bertz CT molecular complexity index is 1190. The summed E-state index contributed by atoms with van der Waals surface area (Å²) in [6.45, 7) is 0.805. The van der Waals surface area contributed by atoms with Crippen molar-refractivity contribution in [1.82, 2.24) is 10.3 Å². The molecule has 4 rings (SSSR count). The van der Waals surface area contributed by atoms with Gasteiger partial charge in [-0.05, 0) is 36.4 Å². The van der Waals surface area contributed by atoms with Crippen molar-refractivity contribution >= 4 is 33.4 Å². The first-order chi connectivity index (χ1) is 16.0. The number of nitrogens with zero attached hydrogens (tertiary/aromatic N) is 2. The van der Waals surface area contributed by atoms with Crippen molar-refractivity contribution in [2.45, 2.75) is 9.92 Å². The van der Waals surface area contributed by atoms with Crippen molar-refractivity contribution in [1.29, 1.82) is 0 Å². The molecule has 1 aromatic heterocycles. The number of aromatic nitrogens is 1. The van der Waals surface area contributed by atoms with Gasteiger partial charge < -0.3 is 14.8 Å². The zero-order valence-electron chi connectivity index (χ0n) is 17.7. The minimum atomic E-state index is -3.99. The van der Waals surface area contributed by atoms with E-state index < -0.39 is 15.9 Å². The average Bonchev–Trinajstić information content (AvgIpc) is 2.86. The lowest BCUT2D eigenvalue weighted by molar-refractivity contribution is -0.119. The Kier molecular flexibility index (Phi) is 7.36. The third-order valence-electron chi connectivity index (χ3n) is 4.74. The number of rotatable bonds is 9. The maximum atomic E-state index is 13.4. The summed E-state index contributed by atoms with van der Waals surface area (Å²) >= 11 is 1.51. The molecule has 10 heteroatoms. The highest BCUT2D eigenvalue weighted by atomic mass is 32.2. The molecule has 2 aromatic carbocycles. The van der Waals surface area contributed by atoms with E-state index in [0.29, 0.717) is 42.7 Å². The van der Waals surface area contributed by atoms with E-state index in [1.54, 1.807) is 42.6 Å². The Balaban J connectivity index is 1.50. The number of hydrogen-bond acceptors (Lipinski definition) is 7. The molecule has 1 amide bonds. The summed E-state index contributed by atoms with van der Waals surface area (Å²) in [7, 11) is -3.99. The summed E-state index contributed by atoms with van der Waals surface area (Å²) in [5, 5.41) is 3.65. The highest BCUT2D eigenvalue weighted by molar-refractivity contribution is 7.99. The number of anilines is 1. The summed E-state index contributed by atoms with van der Waals surface area (Å²) in [5.41, 5.74) is 0.320. The molecule has 0 saturated heterocycles. The zero-order chi connectivity index (χ0) is 23.1. The van der Waals surface area contributed by atoms with E-state index in [-0.39, 0.29) is 11.4 Å². The van der Waals surface area contributed by atoms with Crippen LogP contribution in [0.2, 0.25) is 0 Å². The van der Waals surface area contributed by atoms with E-state index in [1.807, 2.05) is 18.2 Å². The number of carbonyl (C=O) groups excluding carboxylic acids is 1. The average molecular weight is 486 g/mol. The largest absolute Gasteiger partial charge is 0.486 e. The quantitative estimate of drug-likeness (QED) is 0.368. The predicted octanol–water partition coefficient (Wildman–Crippen LogP) is 2.96. The maximum Gasteiger partial charge on any atom is 0.264 e. The number of amides is 1. The van der Waals surface area contributed by atoms with Gasteiger partial charge >= 0.3 is 0 Å². The van der Waals surface area contributed by atoms with Gasteiger partial charge in [-0.2, -0.15) is 0 Å². The molecule has 2 heterocycles. The fraction of sp³-hybridized carbons (Fsp3) is 0.217. The third-order valence-corrected chi connectivity index (χ3v) is 7.48. The van der Waals surface area contributed by atoms with Crippen LogP contribution < -0.4 is 19.1 Å². The lowest BCUT2D eigenvalue weighted by Crippen LogP contribution is -2.41. The normalized spacial score (nSPS) is 12.7. The van der Waals surface area contributed by atoms with Crippen LogP contribution in [0.15, 0.2) is 82.8 Å². The molecular weight excluding hydrogens is 462 g/mol. The number of fused-ring (bicyclic) bond motifs is 1. The first-order valence-electron chi connectivity index (χ1n) is 10.3. The number of ether oxygens (including phenoxy) is 2. The summed E-state index contributed by atoms with van der Waals surface area (Å²) in [6.07, 6.45) is 1.71. The maximum absolute atomic E-state index is 13.4. The Hall–Kier alpha value is -3.24. The number of sulfonamides is 1. The van der Waals surface area contributed by atoms with Crippen LogP contribution in [-0.2, 0) is 14.8 Å². The van der Waals surface area contributed by atoms with Crippen LogP contribution in [-0.4, -0.2) is 51.4 Å². The predicted molar refractivity (Wildman–Crippen MR) is 126 cm³/mol. The molecule has 0 atom stereocenters. The van der Waals surface area contributed by atoms with Crippen molar-refractivity contribution in [3.8, 4) is 11.5 Å². The third kappa shape index (κ3) is 5.77. The second-order valence-electron chi connectivity index (χ2n) is 7.02. The molecule has 0 fully saturated rings. The van der Waals surface area contributed by atoms with Gasteiger partial charge in [0.05, 0.1) is 15.6 Å².